The van der Waals surface area contributed by atoms with E-state index in [1.807, 2.05) is 13.0 Å². The van der Waals surface area contributed by atoms with Crippen LogP contribution in [0, 0.1) is 0 Å². The summed E-state index contributed by atoms with van der Waals surface area (Å²) < 4.78 is 6.60. The molecule has 5 heteroatoms. The molecule has 1 atom stereocenters. The van der Waals surface area contributed by atoms with Crippen LogP contribution >= 0.6 is 0 Å². The first-order valence-corrected chi connectivity index (χ1v) is 9.45. The Morgan fingerprint density at radius 3 is 2.75 bits per heavy atom. The molecular weight excluding hydrogens is 411 g/mol. The van der Waals surface area contributed by atoms with Crippen LogP contribution in [0.4, 0.5) is 0 Å². The molecule has 2 N–H and O–H groups in total. The summed E-state index contributed by atoms with van der Waals surface area (Å²) in [4.78, 5) is 12.5. The molecule has 0 unspecified atom stereocenters. The monoisotopic (exact) mass is 434 g/mol. The number of aromatic hydroxyl groups is 2. The second kappa shape index (κ2) is 8.51. The minimum atomic E-state index is -0.551. The van der Waals surface area contributed by atoms with Gasteiger partial charge in [0.05, 0.1) is 0 Å². The van der Waals surface area contributed by atoms with Crippen molar-refractivity contribution in [1.29, 1.82) is 0 Å². The maximum absolute atomic E-state index is 12.5. The summed E-state index contributed by atoms with van der Waals surface area (Å²) in [5, 5.41) is 19.9. The summed E-state index contributed by atoms with van der Waals surface area (Å²) in [6.45, 7) is 3.93. The summed E-state index contributed by atoms with van der Waals surface area (Å²) >= 11 is 1.24. The van der Waals surface area contributed by atoms with Gasteiger partial charge in [-0.1, -0.05) is 0 Å². The number of rotatable bonds is 0. The van der Waals surface area contributed by atoms with E-state index < -0.39 is 5.97 Å². The molecule has 1 aromatic rings. The van der Waals surface area contributed by atoms with E-state index in [4.69, 9.17) is 4.74 Å². The number of cyclic esters (lactones) is 1. The van der Waals surface area contributed by atoms with Gasteiger partial charge in [0, 0.05) is 0 Å². The van der Waals surface area contributed by atoms with Crippen LogP contribution in [0.1, 0.15) is 49.0 Å². The number of ether oxygens (including phenoxy) is 1. The van der Waals surface area contributed by atoms with Gasteiger partial charge in [-0.25, -0.2) is 0 Å². The van der Waals surface area contributed by atoms with E-state index in [2.05, 4.69) is 19.1 Å². The molecule has 126 valence electrons. The number of hydrogen-bond donors (Lipinski definition) is 2. The van der Waals surface area contributed by atoms with Crippen molar-refractivity contribution < 1.29 is 19.7 Å². The van der Waals surface area contributed by atoms with Crippen molar-refractivity contribution in [1.82, 2.24) is 0 Å². The van der Waals surface area contributed by atoms with Crippen molar-refractivity contribution in [2.24, 2.45) is 0 Å². The van der Waals surface area contributed by atoms with Crippen LogP contribution in [-0.2, 0) is 11.2 Å². The van der Waals surface area contributed by atoms with Gasteiger partial charge in [-0.05, 0) is 0 Å². The Labute approximate surface area is 155 Å². The van der Waals surface area contributed by atoms with E-state index in [0.29, 0.717) is 18.4 Å². The second-order valence-electron chi connectivity index (χ2n) is 6.15. The summed E-state index contributed by atoms with van der Waals surface area (Å²) in [5.41, 5.74) is 2.02. The molecule has 24 heavy (non-hydrogen) atoms. The van der Waals surface area contributed by atoms with Gasteiger partial charge in [-0.15, -0.1) is 0 Å². The Hall–Kier alpha value is -1.56. The van der Waals surface area contributed by atoms with E-state index >= 15 is 0 Å². The number of phenols is 2. The number of esters is 1. The van der Waals surface area contributed by atoms with Crippen molar-refractivity contribution >= 4 is 31.5 Å². The normalized spacial score (nSPS) is 23.4. The first-order chi connectivity index (χ1) is 11.4. The molecule has 0 fully saturated rings. The first-order valence-electron chi connectivity index (χ1n) is 8.02. The molecule has 1 aliphatic rings. The molecule has 1 aromatic carbocycles. The fourth-order valence-corrected chi connectivity index (χ4v) is 3.92. The van der Waals surface area contributed by atoms with Gasteiger partial charge >= 0.3 is 155 Å². The molecule has 4 nitrogen and oxygen atoms in total. The van der Waals surface area contributed by atoms with E-state index in [0.717, 1.165) is 16.4 Å². The topological polar surface area (TPSA) is 66.8 Å². The zero-order chi connectivity index (χ0) is 17.7. The van der Waals surface area contributed by atoms with Crippen molar-refractivity contribution in [2.45, 2.75) is 45.6 Å². The molecule has 1 heterocycles. The summed E-state index contributed by atoms with van der Waals surface area (Å²) in [5.74, 6) is -0.848. The number of carbonyl (C=O) groups is 1. The average molecular weight is 433 g/mol. The Bertz CT molecular complexity index is 704. The Balaban J connectivity index is 2.44. The summed E-state index contributed by atoms with van der Waals surface area (Å²) in [6, 6.07) is 2.71. The molecule has 0 aromatic heterocycles. The van der Waals surface area contributed by atoms with Crippen LogP contribution in [0.5, 0.6) is 11.5 Å². The third-order valence-electron chi connectivity index (χ3n) is 3.84. The van der Waals surface area contributed by atoms with Crippen molar-refractivity contribution in [2.75, 3.05) is 0 Å². The van der Waals surface area contributed by atoms with E-state index in [1.54, 1.807) is 0 Å². The molecule has 0 aliphatic carbocycles. The number of allylic oxidation sites excluding steroid dienone is 3. The molecule has 0 spiro atoms. The quantitative estimate of drug-likeness (QED) is 0.375. The zero-order valence-electron chi connectivity index (χ0n) is 14.0. The van der Waals surface area contributed by atoms with Gasteiger partial charge in [-0.2, -0.15) is 0 Å². The van der Waals surface area contributed by atoms with E-state index in [9.17, 15) is 15.0 Å². The fourth-order valence-electron chi connectivity index (χ4n) is 2.68. The van der Waals surface area contributed by atoms with Gasteiger partial charge < -0.3 is 0 Å². The number of phenolic OH excluding ortho intramolecular Hbond substituents is 2. The summed E-state index contributed by atoms with van der Waals surface area (Å²) in [7, 11) is 0. The van der Waals surface area contributed by atoms with Gasteiger partial charge in [0.1, 0.15) is 0 Å². The fraction of sp³-hybridized carbons (Fsp3) is 0.368. The zero-order valence-corrected chi connectivity index (χ0v) is 16.9. The molecule has 0 saturated carbocycles. The van der Waals surface area contributed by atoms with E-state index in [1.165, 1.54) is 39.8 Å². The Kier molecular flexibility index (Phi) is 6.66. The van der Waals surface area contributed by atoms with Crippen LogP contribution in [-0.4, -0.2) is 47.9 Å². The van der Waals surface area contributed by atoms with Crippen LogP contribution in [0.3, 0.4) is 0 Å². The number of fused-ring (bicyclic) bond motifs is 1. The Morgan fingerprint density at radius 2 is 2.00 bits per heavy atom. The second-order valence-corrected chi connectivity index (χ2v) is 7.99. The molecule has 2 radical (unpaired) electrons. The molecule has 0 saturated heterocycles. The van der Waals surface area contributed by atoms with Gasteiger partial charge in [0.25, 0.3) is 0 Å². The molecular formula is C19H22O4Sn. The minimum absolute atomic E-state index is 0.0551. The SMILES string of the molecule is C/C1=C\[C](=[Sn])Cc2cc(O)cc(O)c2C(=O)O[C@H](C)C/C=C/CC1. The van der Waals surface area contributed by atoms with E-state index in [-0.39, 0.29) is 23.2 Å². The number of carbonyl (C=O) groups excluding carboxylic acids is 1. The molecule has 0 bridgehead atoms. The summed E-state index contributed by atoms with van der Waals surface area (Å²) in [6.07, 6.45) is 9.09. The van der Waals surface area contributed by atoms with Crippen molar-refractivity contribution in [3.05, 3.63) is 47.1 Å². The van der Waals surface area contributed by atoms with Crippen LogP contribution in [0.25, 0.3) is 0 Å². The number of benzene rings is 1. The van der Waals surface area contributed by atoms with Crippen LogP contribution in [0.15, 0.2) is 35.9 Å². The predicted molar refractivity (Wildman–Crippen MR) is 95.9 cm³/mol. The van der Waals surface area contributed by atoms with Crippen molar-refractivity contribution in [3.8, 4) is 11.5 Å². The maximum atomic E-state index is 12.5. The van der Waals surface area contributed by atoms with Gasteiger partial charge in [0.2, 0.25) is 0 Å². The van der Waals surface area contributed by atoms with Crippen LogP contribution in [0.2, 0.25) is 0 Å². The van der Waals surface area contributed by atoms with Gasteiger partial charge in [-0.3, -0.25) is 0 Å². The third kappa shape index (κ3) is 5.23. The third-order valence-corrected chi connectivity index (χ3v) is 4.75. The average Bonchev–Trinajstić information content (AvgIpc) is 2.44. The standard InChI is InChI=1S/C19H22O4.Sn/c1-13-7-4-3-5-9-14(2)23-19(22)18-15(10-6-8-13)11-16(20)12-17(18)21;/h3,5,8,11-12,14,20-21H,4,7,9-10H2,1-2H3;/b5-3+,13-8+;/t14-;/m1./s1. The van der Waals surface area contributed by atoms with Crippen LogP contribution < -0.4 is 0 Å². The van der Waals surface area contributed by atoms with Gasteiger partial charge in [0.15, 0.2) is 0 Å². The molecule has 2 rings (SSSR count). The molecule has 0 amide bonds. The first kappa shape index (κ1) is 18.8. The predicted octanol–water partition coefficient (Wildman–Crippen LogP) is 3.21. The Morgan fingerprint density at radius 1 is 1.25 bits per heavy atom. The number of hydrogen-bond acceptors (Lipinski definition) is 4. The molecule has 1 aliphatic heterocycles. The van der Waals surface area contributed by atoms with Crippen molar-refractivity contribution in [3.63, 3.8) is 0 Å².